The Bertz CT molecular complexity index is 488. The SMILES string of the molecule is Clc1csc(-c2nc(CNC3CC3)cs2)c1. The number of nitrogens with one attached hydrogen (secondary N) is 1. The van der Waals surface area contributed by atoms with Gasteiger partial charge in [0.2, 0.25) is 0 Å². The fourth-order valence-corrected chi connectivity index (χ4v) is 3.44. The van der Waals surface area contributed by atoms with Gasteiger partial charge < -0.3 is 5.32 Å². The predicted octanol–water partition coefficient (Wildman–Crippen LogP) is 3.78. The van der Waals surface area contributed by atoms with Crippen LogP contribution in [0.4, 0.5) is 0 Å². The fourth-order valence-electron chi connectivity index (χ4n) is 1.46. The van der Waals surface area contributed by atoms with Crippen LogP contribution in [-0.2, 0) is 6.54 Å². The Morgan fingerprint density at radius 2 is 2.25 bits per heavy atom. The van der Waals surface area contributed by atoms with Gasteiger partial charge in [0.25, 0.3) is 0 Å². The second-order valence-corrected chi connectivity index (χ2v) is 6.13. The van der Waals surface area contributed by atoms with Crippen LogP contribution in [0.2, 0.25) is 5.02 Å². The number of rotatable bonds is 4. The smallest absolute Gasteiger partial charge is 0.133 e. The maximum Gasteiger partial charge on any atom is 0.133 e. The summed E-state index contributed by atoms with van der Waals surface area (Å²) in [4.78, 5) is 5.76. The zero-order chi connectivity index (χ0) is 11.0. The summed E-state index contributed by atoms with van der Waals surface area (Å²) in [5.41, 5.74) is 1.14. The molecule has 1 N–H and O–H groups in total. The highest BCUT2D eigenvalue weighted by molar-refractivity contribution is 7.20. The summed E-state index contributed by atoms with van der Waals surface area (Å²) in [5, 5.41) is 9.41. The molecule has 1 aliphatic rings. The third kappa shape index (κ3) is 2.46. The lowest BCUT2D eigenvalue weighted by Gasteiger charge is -1.97. The lowest BCUT2D eigenvalue weighted by atomic mass is 10.4. The highest BCUT2D eigenvalue weighted by Crippen LogP contribution is 2.31. The van der Waals surface area contributed by atoms with Gasteiger partial charge >= 0.3 is 0 Å². The van der Waals surface area contributed by atoms with Crippen LogP contribution in [0.5, 0.6) is 0 Å². The molecule has 0 saturated heterocycles. The van der Waals surface area contributed by atoms with Gasteiger partial charge in [0.05, 0.1) is 15.6 Å². The molecule has 16 heavy (non-hydrogen) atoms. The second kappa shape index (κ2) is 4.45. The monoisotopic (exact) mass is 270 g/mol. The minimum absolute atomic E-state index is 0.737. The van der Waals surface area contributed by atoms with Gasteiger partial charge in [-0.05, 0) is 18.9 Å². The van der Waals surface area contributed by atoms with Crippen LogP contribution in [0.3, 0.4) is 0 Å². The Labute approximate surface area is 107 Å². The third-order valence-electron chi connectivity index (χ3n) is 2.48. The minimum atomic E-state index is 0.737. The summed E-state index contributed by atoms with van der Waals surface area (Å²) in [6.45, 7) is 0.889. The van der Waals surface area contributed by atoms with E-state index in [0.29, 0.717) is 0 Å². The van der Waals surface area contributed by atoms with Crippen LogP contribution in [0.1, 0.15) is 18.5 Å². The molecule has 0 atom stereocenters. The third-order valence-corrected chi connectivity index (χ3v) is 4.82. The van der Waals surface area contributed by atoms with Crippen molar-refractivity contribution >= 4 is 34.3 Å². The fraction of sp³-hybridized carbons (Fsp3) is 0.364. The van der Waals surface area contributed by atoms with Crippen LogP contribution in [0, 0.1) is 0 Å². The van der Waals surface area contributed by atoms with Gasteiger partial charge in [-0.25, -0.2) is 4.98 Å². The van der Waals surface area contributed by atoms with Gasteiger partial charge in [0, 0.05) is 23.3 Å². The molecule has 2 nitrogen and oxygen atoms in total. The number of halogens is 1. The van der Waals surface area contributed by atoms with Crippen molar-refractivity contribution in [3.63, 3.8) is 0 Å². The zero-order valence-electron chi connectivity index (χ0n) is 8.57. The summed E-state index contributed by atoms with van der Waals surface area (Å²) in [7, 11) is 0. The Kier molecular flexibility index (Phi) is 2.98. The van der Waals surface area contributed by atoms with Gasteiger partial charge in [-0.3, -0.25) is 0 Å². The molecule has 1 fully saturated rings. The molecule has 0 aliphatic heterocycles. The van der Waals surface area contributed by atoms with Crippen molar-refractivity contribution in [3.05, 3.63) is 27.5 Å². The Morgan fingerprint density at radius 1 is 1.38 bits per heavy atom. The summed E-state index contributed by atoms with van der Waals surface area (Å²) in [6.07, 6.45) is 2.63. The van der Waals surface area contributed by atoms with Crippen LogP contribution in [0.15, 0.2) is 16.8 Å². The van der Waals surface area contributed by atoms with Crippen molar-refractivity contribution in [3.8, 4) is 9.88 Å². The average Bonchev–Trinajstić information content (AvgIpc) is 2.81. The molecule has 1 saturated carbocycles. The van der Waals surface area contributed by atoms with E-state index in [4.69, 9.17) is 11.6 Å². The molecule has 0 aromatic carbocycles. The highest BCUT2D eigenvalue weighted by atomic mass is 35.5. The minimum Gasteiger partial charge on any atom is -0.308 e. The summed E-state index contributed by atoms with van der Waals surface area (Å²) < 4.78 is 0. The lowest BCUT2D eigenvalue weighted by Crippen LogP contribution is -2.15. The van der Waals surface area contributed by atoms with Crippen LogP contribution in [0.25, 0.3) is 9.88 Å². The number of hydrogen-bond donors (Lipinski definition) is 1. The predicted molar refractivity (Wildman–Crippen MR) is 70.3 cm³/mol. The molecule has 5 heteroatoms. The first-order chi connectivity index (χ1) is 7.81. The summed E-state index contributed by atoms with van der Waals surface area (Å²) in [6, 6.07) is 2.71. The van der Waals surface area contributed by atoms with Crippen molar-refractivity contribution in [2.24, 2.45) is 0 Å². The number of nitrogens with zero attached hydrogens (tertiary/aromatic N) is 1. The Hall–Kier alpha value is -0.420. The molecule has 0 spiro atoms. The number of thiophene rings is 1. The molecule has 0 amide bonds. The lowest BCUT2D eigenvalue weighted by molar-refractivity contribution is 0.678. The van der Waals surface area contributed by atoms with E-state index < -0.39 is 0 Å². The van der Waals surface area contributed by atoms with Gasteiger partial charge in [-0.2, -0.15) is 0 Å². The molecule has 0 unspecified atom stereocenters. The molecular formula is C11H11ClN2S2. The first kappa shape index (κ1) is 10.7. The van der Waals surface area contributed by atoms with Crippen molar-refractivity contribution < 1.29 is 0 Å². The Balaban J connectivity index is 1.71. The average molecular weight is 271 g/mol. The van der Waals surface area contributed by atoms with Crippen molar-refractivity contribution in [2.45, 2.75) is 25.4 Å². The largest absolute Gasteiger partial charge is 0.308 e. The number of thiazole rings is 1. The van der Waals surface area contributed by atoms with E-state index in [9.17, 15) is 0 Å². The standard InChI is InChI=1S/C11H11ClN2S2/c12-7-3-10(15-5-7)11-14-9(6-16-11)4-13-8-1-2-8/h3,5-6,8,13H,1-2,4H2. The van der Waals surface area contributed by atoms with Crippen molar-refractivity contribution in [1.29, 1.82) is 0 Å². The Morgan fingerprint density at radius 3 is 2.94 bits per heavy atom. The van der Waals surface area contributed by atoms with Crippen LogP contribution in [-0.4, -0.2) is 11.0 Å². The summed E-state index contributed by atoms with van der Waals surface area (Å²) >= 11 is 9.24. The van der Waals surface area contributed by atoms with Crippen LogP contribution < -0.4 is 5.32 Å². The first-order valence-corrected chi connectivity index (χ1v) is 7.37. The molecule has 1 aliphatic carbocycles. The molecule has 0 bridgehead atoms. The molecule has 0 radical (unpaired) electrons. The quantitative estimate of drug-likeness (QED) is 0.915. The molecule has 2 aromatic rings. The van der Waals surface area contributed by atoms with E-state index in [1.165, 1.54) is 12.8 Å². The zero-order valence-corrected chi connectivity index (χ0v) is 11.0. The maximum atomic E-state index is 5.90. The van der Waals surface area contributed by atoms with E-state index in [-0.39, 0.29) is 0 Å². The molecule has 84 valence electrons. The van der Waals surface area contributed by atoms with Crippen molar-refractivity contribution in [1.82, 2.24) is 10.3 Å². The maximum absolute atomic E-state index is 5.90. The molecule has 2 heterocycles. The van der Waals surface area contributed by atoms with Gasteiger partial charge in [-0.15, -0.1) is 22.7 Å². The van der Waals surface area contributed by atoms with Gasteiger partial charge in [0.15, 0.2) is 0 Å². The number of hydrogen-bond acceptors (Lipinski definition) is 4. The molecular weight excluding hydrogens is 260 g/mol. The van der Waals surface area contributed by atoms with E-state index in [2.05, 4.69) is 15.7 Å². The van der Waals surface area contributed by atoms with Gasteiger partial charge in [0.1, 0.15) is 5.01 Å². The molecule has 3 rings (SSSR count). The van der Waals surface area contributed by atoms with Crippen molar-refractivity contribution in [2.75, 3.05) is 0 Å². The second-order valence-electron chi connectivity index (χ2n) is 3.93. The van der Waals surface area contributed by atoms with Crippen LogP contribution >= 0.6 is 34.3 Å². The van der Waals surface area contributed by atoms with E-state index in [1.807, 2.05) is 11.4 Å². The first-order valence-electron chi connectivity index (χ1n) is 5.23. The highest BCUT2D eigenvalue weighted by Gasteiger charge is 2.20. The summed E-state index contributed by atoms with van der Waals surface area (Å²) in [5.74, 6) is 0. The topological polar surface area (TPSA) is 24.9 Å². The van der Waals surface area contributed by atoms with E-state index in [0.717, 1.165) is 33.2 Å². The van der Waals surface area contributed by atoms with E-state index in [1.54, 1.807) is 22.7 Å². The van der Waals surface area contributed by atoms with E-state index >= 15 is 0 Å². The normalized spacial score (nSPS) is 15.6. The number of aromatic nitrogens is 1. The van der Waals surface area contributed by atoms with Gasteiger partial charge in [-0.1, -0.05) is 11.6 Å². The molecule has 2 aromatic heterocycles.